The van der Waals surface area contributed by atoms with Gasteiger partial charge in [-0.15, -0.1) is 0 Å². The van der Waals surface area contributed by atoms with Gasteiger partial charge in [0.2, 0.25) is 6.79 Å². The lowest BCUT2D eigenvalue weighted by Crippen LogP contribution is -2.42. The summed E-state index contributed by atoms with van der Waals surface area (Å²) in [5.74, 6) is 0.225. The molecular weight excluding hydrogens is 462 g/mol. The zero-order valence-electron chi connectivity index (χ0n) is 21.1. The molecule has 4 rings (SSSR count). The number of likely N-dealkylation sites (tertiary alicyclic amines) is 1. The van der Waals surface area contributed by atoms with Crippen molar-refractivity contribution in [1.82, 2.24) is 15.1 Å². The molecule has 0 spiro atoms. The van der Waals surface area contributed by atoms with Crippen LogP contribution in [0.5, 0.6) is 17.2 Å². The number of aliphatic carboxylic acids is 1. The molecule has 36 heavy (non-hydrogen) atoms. The fourth-order valence-corrected chi connectivity index (χ4v) is 5.08. The second kappa shape index (κ2) is 11.5. The van der Waals surface area contributed by atoms with Crippen molar-refractivity contribution in [3.8, 4) is 17.2 Å². The van der Waals surface area contributed by atoms with Crippen LogP contribution in [0.4, 0.5) is 4.79 Å². The van der Waals surface area contributed by atoms with Crippen molar-refractivity contribution in [2.75, 3.05) is 47.1 Å². The SMILES string of the molecule is CCCCN(C)C(=O)NCCN1CC(c2ccc3c(c2)OCO3)C(C(=O)O)C1c1ccc(OC)cc1. The van der Waals surface area contributed by atoms with E-state index in [1.54, 1.807) is 19.1 Å². The number of nitrogens with zero attached hydrogens (tertiary/aromatic N) is 2. The number of nitrogens with one attached hydrogen (secondary N) is 1. The van der Waals surface area contributed by atoms with E-state index < -0.39 is 11.9 Å². The van der Waals surface area contributed by atoms with Crippen LogP contribution in [0.15, 0.2) is 42.5 Å². The molecule has 0 radical (unpaired) electrons. The first kappa shape index (κ1) is 25.6. The Morgan fingerprint density at radius 1 is 1.14 bits per heavy atom. The highest BCUT2D eigenvalue weighted by Gasteiger charge is 2.47. The lowest BCUT2D eigenvalue weighted by atomic mass is 9.82. The summed E-state index contributed by atoms with van der Waals surface area (Å²) in [5, 5.41) is 13.4. The molecule has 2 aliphatic heterocycles. The van der Waals surface area contributed by atoms with Crippen molar-refractivity contribution in [2.45, 2.75) is 31.7 Å². The van der Waals surface area contributed by atoms with Crippen molar-refractivity contribution in [3.05, 3.63) is 53.6 Å². The maximum Gasteiger partial charge on any atom is 0.317 e. The number of benzene rings is 2. The van der Waals surface area contributed by atoms with E-state index in [1.165, 1.54) is 0 Å². The second-order valence-corrected chi connectivity index (χ2v) is 9.30. The summed E-state index contributed by atoms with van der Waals surface area (Å²) in [6.07, 6.45) is 1.97. The quantitative estimate of drug-likeness (QED) is 0.516. The van der Waals surface area contributed by atoms with Gasteiger partial charge in [0.25, 0.3) is 0 Å². The molecule has 9 heteroatoms. The Balaban J connectivity index is 1.57. The molecular formula is C27H35N3O6. The Hall–Kier alpha value is -3.46. The van der Waals surface area contributed by atoms with Crippen molar-refractivity contribution in [2.24, 2.45) is 5.92 Å². The summed E-state index contributed by atoms with van der Waals surface area (Å²) in [5.41, 5.74) is 1.80. The van der Waals surface area contributed by atoms with Crippen LogP contribution in [0.3, 0.4) is 0 Å². The fourth-order valence-electron chi connectivity index (χ4n) is 5.08. The standard InChI is InChI=1S/C27H35N3O6/c1-4-5-13-29(2)27(33)28-12-14-30-16-21(19-8-11-22-23(15-19)36-17-35-22)24(26(31)32)25(30)18-6-9-20(34-3)10-7-18/h6-11,15,21,24-25H,4-5,12-14,16-17H2,1-3H3,(H,28,33)(H,31,32). The van der Waals surface area contributed by atoms with Gasteiger partial charge in [-0.3, -0.25) is 9.69 Å². The largest absolute Gasteiger partial charge is 0.497 e. The van der Waals surface area contributed by atoms with Gasteiger partial charge in [0.1, 0.15) is 5.75 Å². The number of amides is 2. The van der Waals surface area contributed by atoms with Gasteiger partial charge in [0.15, 0.2) is 11.5 Å². The maximum atomic E-state index is 12.7. The minimum absolute atomic E-state index is 0.120. The molecule has 0 saturated carbocycles. The van der Waals surface area contributed by atoms with Crippen molar-refractivity contribution in [1.29, 1.82) is 0 Å². The zero-order valence-corrected chi connectivity index (χ0v) is 21.1. The van der Waals surface area contributed by atoms with Gasteiger partial charge in [-0.2, -0.15) is 0 Å². The van der Waals surface area contributed by atoms with Crippen molar-refractivity contribution < 1.29 is 28.9 Å². The van der Waals surface area contributed by atoms with Gasteiger partial charge in [-0.05, 0) is 41.8 Å². The molecule has 0 aliphatic carbocycles. The van der Waals surface area contributed by atoms with Crippen LogP contribution in [0.1, 0.15) is 42.9 Å². The average Bonchev–Trinajstić information content (AvgIpc) is 3.51. The Morgan fingerprint density at radius 3 is 2.56 bits per heavy atom. The molecule has 0 aromatic heterocycles. The summed E-state index contributed by atoms with van der Waals surface area (Å²) >= 11 is 0. The minimum Gasteiger partial charge on any atom is -0.497 e. The van der Waals surface area contributed by atoms with Crippen molar-refractivity contribution >= 4 is 12.0 Å². The summed E-state index contributed by atoms with van der Waals surface area (Å²) in [7, 11) is 3.39. The van der Waals surface area contributed by atoms with E-state index in [2.05, 4.69) is 17.1 Å². The average molecular weight is 498 g/mol. The number of methoxy groups -OCH3 is 1. The first-order chi connectivity index (χ1) is 17.4. The first-order valence-electron chi connectivity index (χ1n) is 12.4. The molecule has 1 fully saturated rings. The third-order valence-corrected chi connectivity index (χ3v) is 7.03. The highest BCUT2D eigenvalue weighted by Crippen LogP contribution is 2.47. The van der Waals surface area contributed by atoms with Crippen LogP contribution >= 0.6 is 0 Å². The number of carbonyl (C=O) groups excluding carboxylic acids is 1. The number of carbonyl (C=O) groups is 2. The molecule has 2 aromatic rings. The van der Waals surface area contributed by atoms with Crippen LogP contribution in [0.25, 0.3) is 0 Å². The van der Waals surface area contributed by atoms with Gasteiger partial charge in [0.05, 0.1) is 13.0 Å². The maximum absolute atomic E-state index is 12.7. The molecule has 1 saturated heterocycles. The van der Waals surface area contributed by atoms with E-state index in [0.717, 1.165) is 24.0 Å². The van der Waals surface area contributed by atoms with Crippen LogP contribution < -0.4 is 19.5 Å². The van der Waals surface area contributed by atoms with Gasteiger partial charge < -0.3 is 29.5 Å². The molecule has 0 bridgehead atoms. The van der Waals surface area contributed by atoms with Gasteiger partial charge in [-0.25, -0.2) is 4.79 Å². The smallest absolute Gasteiger partial charge is 0.317 e. The number of hydrogen-bond donors (Lipinski definition) is 2. The van der Waals surface area contributed by atoms with Gasteiger partial charge in [0, 0.05) is 45.2 Å². The molecule has 2 aliphatic rings. The number of hydrogen-bond acceptors (Lipinski definition) is 6. The number of ether oxygens (including phenoxy) is 3. The van der Waals surface area contributed by atoms with E-state index in [-0.39, 0.29) is 24.8 Å². The Morgan fingerprint density at radius 2 is 1.86 bits per heavy atom. The Kier molecular flexibility index (Phi) is 8.20. The van der Waals surface area contributed by atoms with E-state index in [0.29, 0.717) is 43.4 Å². The van der Waals surface area contributed by atoms with E-state index in [9.17, 15) is 14.7 Å². The first-order valence-corrected chi connectivity index (χ1v) is 12.4. The predicted octanol–water partition coefficient (Wildman–Crippen LogP) is 3.71. The Bertz CT molecular complexity index is 1060. The molecule has 2 N–H and O–H groups in total. The van der Waals surface area contributed by atoms with Gasteiger partial charge in [-0.1, -0.05) is 31.5 Å². The highest BCUT2D eigenvalue weighted by atomic mass is 16.7. The summed E-state index contributed by atoms with van der Waals surface area (Å²) in [4.78, 5) is 29.0. The molecule has 194 valence electrons. The number of carboxylic acid groups (broad SMARTS) is 1. The third kappa shape index (κ3) is 5.51. The lowest BCUT2D eigenvalue weighted by molar-refractivity contribution is -0.143. The van der Waals surface area contributed by atoms with Crippen LogP contribution in [-0.4, -0.2) is 74.0 Å². The second-order valence-electron chi connectivity index (χ2n) is 9.30. The highest BCUT2D eigenvalue weighted by molar-refractivity contribution is 5.74. The number of unbranched alkanes of at least 4 members (excludes halogenated alkanes) is 1. The van der Waals surface area contributed by atoms with Crippen molar-refractivity contribution in [3.63, 3.8) is 0 Å². The van der Waals surface area contributed by atoms with E-state index in [1.807, 2.05) is 42.5 Å². The number of fused-ring (bicyclic) bond motifs is 1. The molecule has 3 unspecified atom stereocenters. The van der Waals surface area contributed by atoms with E-state index >= 15 is 0 Å². The summed E-state index contributed by atoms with van der Waals surface area (Å²) in [6, 6.07) is 12.7. The summed E-state index contributed by atoms with van der Waals surface area (Å²) in [6.45, 7) is 4.44. The normalized spacial score (nSPS) is 20.8. The topological polar surface area (TPSA) is 101 Å². The molecule has 2 amide bonds. The zero-order chi connectivity index (χ0) is 25.7. The fraction of sp³-hybridized carbons (Fsp3) is 0.481. The third-order valence-electron chi connectivity index (χ3n) is 7.03. The molecule has 2 heterocycles. The monoisotopic (exact) mass is 497 g/mol. The molecule has 2 aromatic carbocycles. The van der Waals surface area contributed by atoms with Crippen LogP contribution in [-0.2, 0) is 4.79 Å². The van der Waals surface area contributed by atoms with Crippen LogP contribution in [0, 0.1) is 5.92 Å². The number of carboxylic acids is 1. The minimum atomic E-state index is -0.857. The van der Waals surface area contributed by atoms with E-state index in [4.69, 9.17) is 14.2 Å². The molecule has 9 nitrogen and oxygen atoms in total. The summed E-state index contributed by atoms with van der Waals surface area (Å²) < 4.78 is 16.3. The lowest BCUT2D eigenvalue weighted by Gasteiger charge is -2.28. The van der Waals surface area contributed by atoms with Crippen LogP contribution in [0.2, 0.25) is 0 Å². The Labute approximate surface area is 211 Å². The predicted molar refractivity (Wildman–Crippen MR) is 135 cm³/mol. The molecule has 3 atom stereocenters. The van der Waals surface area contributed by atoms with Gasteiger partial charge >= 0.3 is 12.0 Å². The number of urea groups is 1. The number of rotatable bonds is 10.